The van der Waals surface area contributed by atoms with Crippen molar-refractivity contribution in [2.75, 3.05) is 31.6 Å². The van der Waals surface area contributed by atoms with Gasteiger partial charge in [0.05, 0.1) is 15.9 Å². The Kier molecular flexibility index (Phi) is 5.26. The van der Waals surface area contributed by atoms with Crippen LogP contribution in [0.2, 0.25) is 0 Å². The molecule has 138 valence electrons. The number of benzene rings is 1. The summed E-state index contributed by atoms with van der Waals surface area (Å²) in [5.74, 6) is 0.502. The molecule has 1 aromatic rings. The third kappa shape index (κ3) is 3.78. The van der Waals surface area contributed by atoms with Crippen LogP contribution in [-0.2, 0) is 14.8 Å². The number of anilines is 1. The Hall–Kier alpha value is -1.71. The number of hydrogen-bond donors (Lipinski definition) is 1. The van der Waals surface area contributed by atoms with E-state index in [0.717, 1.165) is 38.4 Å². The van der Waals surface area contributed by atoms with Crippen molar-refractivity contribution in [3.05, 3.63) is 28.3 Å². The van der Waals surface area contributed by atoms with Gasteiger partial charge in [0, 0.05) is 25.8 Å². The van der Waals surface area contributed by atoms with Crippen molar-refractivity contribution in [3.8, 4) is 0 Å². The third-order valence-electron chi connectivity index (χ3n) is 5.09. The number of nitrogens with zero attached hydrogens (tertiary/aromatic N) is 2. The van der Waals surface area contributed by atoms with Gasteiger partial charge in [0.25, 0.3) is 5.69 Å². The van der Waals surface area contributed by atoms with Crippen molar-refractivity contribution in [2.45, 2.75) is 36.7 Å². The first-order valence-electron chi connectivity index (χ1n) is 8.51. The van der Waals surface area contributed by atoms with Crippen LogP contribution in [0.25, 0.3) is 0 Å². The van der Waals surface area contributed by atoms with Crippen LogP contribution in [0.15, 0.2) is 23.1 Å². The first-order chi connectivity index (χ1) is 11.9. The fourth-order valence-electron chi connectivity index (χ4n) is 3.69. The Morgan fingerprint density at radius 3 is 2.56 bits per heavy atom. The van der Waals surface area contributed by atoms with Gasteiger partial charge in [-0.1, -0.05) is 0 Å². The van der Waals surface area contributed by atoms with Crippen LogP contribution in [0.5, 0.6) is 0 Å². The van der Waals surface area contributed by atoms with Crippen molar-refractivity contribution in [2.24, 2.45) is 5.92 Å². The van der Waals surface area contributed by atoms with Crippen LogP contribution in [-0.4, -0.2) is 46.2 Å². The molecule has 2 fully saturated rings. The van der Waals surface area contributed by atoms with Gasteiger partial charge in [0.2, 0.25) is 10.0 Å². The molecule has 3 rings (SSSR count). The van der Waals surface area contributed by atoms with E-state index in [1.54, 1.807) is 0 Å². The van der Waals surface area contributed by atoms with E-state index in [9.17, 15) is 18.5 Å². The molecule has 9 heteroatoms. The van der Waals surface area contributed by atoms with E-state index in [1.165, 1.54) is 19.2 Å². The zero-order valence-electron chi connectivity index (χ0n) is 14.2. The lowest BCUT2D eigenvalue weighted by molar-refractivity contribution is -0.384. The normalized spacial score (nSPS) is 22.3. The lowest BCUT2D eigenvalue weighted by Gasteiger charge is -2.35. The SMILES string of the molecule is CNS(=O)(=O)c1ccc(N2CCC(C3CCCO3)CC2)c([N+](=O)[O-])c1. The molecule has 8 nitrogen and oxygen atoms in total. The van der Waals surface area contributed by atoms with Gasteiger partial charge in [-0.2, -0.15) is 0 Å². The molecule has 2 heterocycles. The average Bonchev–Trinajstić information content (AvgIpc) is 3.16. The summed E-state index contributed by atoms with van der Waals surface area (Å²) in [6.45, 7) is 2.25. The van der Waals surface area contributed by atoms with E-state index >= 15 is 0 Å². The van der Waals surface area contributed by atoms with Crippen molar-refractivity contribution >= 4 is 21.4 Å². The lowest BCUT2D eigenvalue weighted by atomic mass is 9.89. The molecule has 0 saturated carbocycles. The van der Waals surface area contributed by atoms with Gasteiger partial charge in [-0.3, -0.25) is 10.1 Å². The molecule has 0 spiro atoms. The van der Waals surface area contributed by atoms with E-state index in [0.29, 0.717) is 30.8 Å². The molecule has 1 unspecified atom stereocenters. The van der Waals surface area contributed by atoms with Crippen LogP contribution in [0.1, 0.15) is 25.7 Å². The van der Waals surface area contributed by atoms with Gasteiger partial charge in [0.1, 0.15) is 5.69 Å². The van der Waals surface area contributed by atoms with Crippen LogP contribution >= 0.6 is 0 Å². The maximum Gasteiger partial charge on any atom is 0.293 e. The Balaban J connectivity index is 1.79. The number of nitrogens with one attached hydrogen (secondary N) is 1. The molecule has 1 atom stereocenters. The maximum absolute atomic E-state index is 11.9. The summed E-state index contributed by atoms with van der Waals surface area (Å²) in [6.07, 6.45) is 4.39. The van der Waals surface area contributed by atoms with Crippen molar-refractivity contribution < 1.29 is 18.1 Å². The van der Waals surface area contributed by atoms with Gasteiger partial charge in [-0.05, 0) is 50.8 Å². The number of nitro groups is 1. The Bertz CT molecular complexity index is 738. The topological polar surface area (TPSA) is 102 Å². The standard InChI is InChI=1S/C16H23N3O5S/c1-17-25(22,23)13-4-5-14(15(11-13)19(20)21)18-8-6-12(7-9-18)16-3-2-10-24-16/h4-5,11-12,16-17H,2-3,6-10H2,1H3. The number of hydrogen-bond acceptors (Lipinski definition) is 6. The molecule has 25 heavy (non-hydrogen) atoms. The maximum atomic E-state index is 11.9. The molecule has 2 aliphatic rings. The average molecular weight is 369 g/mol. The fraction of sp³-hybridized carbons (Fsp3) is 0.625. The molecule has 2 saturated heterocycles. The summed E-state index contributed by atoms with van der Waals surface area (Å²) in [5, 5.41) is 11.4. The van der Waals surface area contributed by atoms with Gasteiger partial charge in [-0.25, -0.2) is 13.1 Å². The lowest BCUT2D eigenvalue weighted by Crippen LogP contribution is -2.38. The highest BCUT2D eigenvalue weighted by atomic mass is 32.2. The largest absolute Gasteiger partial charge is 0.378 e. The first kappa shape index (κ1) is 18.1. The number of piperidine rings is 1. The Labute approximate surface area is 147 Å². The highest BCUT2D eigenvalue weighted by Crippen LogP contribution is 2.35. The van der Waals surface area contributed by atoms with Crippen molar-refractivity contribution in [3.63, 3.8) is 0 Å². The summed E-state index contributed by atoms with van der Waals surface area (Å²) in [7, 11) is -2.43. The summed E-state index contributed by atoms with van der Waals surface area (Å²) < 4.78 is 31.7. The summed E-state index contributed by atoms with van der Waals surface area (Å²) in [6, 6.07) is 4.09. The molecule has 0 radical (unpaired) electrons. The summed E-state index contributed by atoms with van der Waals surface area (Å²) in [5.41, 5.74) is 0.303. The molecule has 0 amide bonds. The monoisotopic (exact) mass is 369 g/mol. The van der Waals surface area contributed by atoms with E-state index in [2.05, 4.69) is 4.72 Å². The molecule has 0 aromatic heterocycles. The second kappa shape index (κ2) is 7.27. The molecular weight excluding hydrogens is 346 g/mol. The summed E-state index contributed by atoms with van der Waals surface area (Å²) >= 11 is 0. The van der Waals surface area contributed by atoms with Crippen LogP contribution in [0, 0.1) is 16.0 Å². The van der Waals surface area contributed by atoms with Crippen LogP contribution < -0.4 is 9.62 Å². The summed E-state index contributed by atoms with van der Waals surface area (Å²) in [4.78, 5) is 12.8. The number of sulfonamides is 1. The smallest absolute Gasteiger partial charge is 0.293 e. The van der Waals surface area contributed by atoms with Gasteiger partial charge < -0.3 is 9.64 Å². The first-order valence-corrected chi connectivity index (χ1v) is 9.99. The highest BCUT2D eigenvalue weighted by molar-refractivity contribution is 7.89. The Morgan fingerprint density at radius 2 is 2.00 bits per heavy atom. The second-order valence-electron chi connectivity index (χ2n) is 6.49. The number of rotatable bonds is 5. The van der Waals surface area contributed by atoms with Crippen molar-refractivity contribution in [1.82, 2.24) is 4.72 Å². The predicted octanol–water partition coefficient (Wildman–Crippen LogP) is 1.90. The third-order valence-corrected chi connectivity index (χ3v) is 6.51. The van der Waals surface area contributed by atoms with E-state index in [4.69, 9.17) is 4.74 Å². The molecule has 0 aliphatic carbocycles. The minimum atomic E-state index is -3.71. The fourth-order valence-corrected chi connectivity index (χ4v) is 4.44. The van der Waals surface area contributed by atoms with Crippen LogP contribution in [0.4, 0.5) is 11.4 Å². The molecule has 0 bridgehead atoms. The van der Waals surface area contributed by atoms with Crippen LogP contribution in [0.3, 0.4) is 0 Å². The van der Waals surface area contributed by atoms with Gasteiger partial charge in [-0.15, -0.1) is 0 Å². The second-order valence-corrected chi connectivity index (χ2v) is 8.38. The Morgan fingerprint density at radius 1 is 1.28 bits per heavy atom. The quantitative estimate of drug-likeness (QED) is 0.628. The molecule has 1 aromatic carbocycles. The van der Waals surface area contributed by atoms with E-state index in [1.807, 2.05) is 4.90 Å². The van der Waals surface area contributed by atoms with Gasteiger partial charge >= 0.3 is 0 Å². The molecule has 2 aliphatic heterocycles. The number of nitro benzene ring substituents is 1. The minimum Gasteiger partial charge on any atom is -0.378 e. The minimum absolute atomic E-state index is 0.0975. The molecule has 1 N–H and O–H groups in total. The zero-order chi connectivity index (χ0) is 18.0. The van der Waals surface area contributed by atoms with Gasteiger partial charge in [0.15, 0.2) is 0 Å². The molecular formula is C16H23N3O5S. The highest BCUT2D eigenvalue weighted by Gasteiger charge is 2.31. The van der Waals surface area contributed by atoms with E-state index in [-0.39, 0.29) is 10.6 Å². The van der Waals surface area contributed by atoms with E-state index < -0.39 is 14.9 Å². The predicted molar refractivity (Wildman–Crippen MR) is 93.3 cm³/mol. The number of ether oxygens (including phenoxy) is 1. The zero-order valence-corrected chi connectivity index (χ0v) is 15.0. The van der Waals surface area contributed by atoms with Crippen molar-refractivity contribution in [1.29, 1.82) is 0 Å².